The number of nitrogens with one attached hydrogen (secondary N) is 1. The minimum absolute atomic E-state index is 0.690. The molecule has 0 saturated carbocycles. The van der Waals surface area contributed by atoms with E-state index in [0.717, 1.165) is 66.6 Å². The summed E-state index contributed by atoms with van der Waals surface area (Å²) in [7, 11) is 1.90. The van der Waals surface area contributed by atoms with Crippen molar-refractivity contribution in [1.29, 1.82) is 0 Å². The van der Waals surface area contributed by atoms with Crippen LogP contribution in [0.3, 0.4) is 0 Å². The molecule has 0 bridgehead atoms. The highest BCUT2D eigenvalue weighted by Crippen LogP contribution is 2.32. The molecular formula is C25H28N8O. The van der Waals surface area contributed by atoms with Crippen molar-refractivity contribution >= 4 is 28.4 Å². The van der Waals surface area contributed by atoms with Crippen LogP contribution >= 0.6 is 0 Å². The highest BCUT2D eigenvalue weighted by Gasteiger charge is 2.23. The van der Waals surface area contributed by atoms with Gasteiger partial charge >= 0.3 is 0 Å². The Morgan fingerprint density at radius 1 is 1.03 bits per heavy atom. The average molecular weight is 457 g/mol. The summed E-state index contributed by atoms with van der Waals surface area (Å²) in [6.45, 7) is 6.03. The van der Waals surface area contributed by atoms with Gasteiger partial charge in [0.25, 0.3) is 0 Å². The van der Waals surface area contributed by atoms with Crippen LogP contribution in [0.15, 0.2) is 47.8 Å². The van der Waals surface area contributed by atoms with E-state index in [2.05, 4.69) is 52.2 Å². The zero-order chi connectivity index (χ0) is 23.1. The topological polar surface area (TPSA) is 87.5 Å². The molecule has 0 unspecified atom stereocenters. The molecule has 0 atom stereocenters. The lowest BCUT2D eigenvalue weighted by Gasteiger charge is -2.30. The molecule has 9 nitrogen and oxygen atoms in total. The third-order valence-electron chi connectivity index (χ3n) is 6.40. The molecule has 5 heterocycles. The monoisotopic (exact) mass is 456 g/mol. The lowest BCUT2D eigenvalue weighted by Crippen LogP contribution is -2.36. The molecule has 1 aromatic carbocycles. The Labute approximate surface area is 198 Å². The number of ether oxygens (including phenoxy) is 1. The maximum absolute atomic E-state index is 5.60. The average Bonchev–Trinajstić information content (AvgIpc) is 3.50. The van der Waals surface area contributed by atoms with Crippen LogP contribution in [-0.2, 0) is 11.8 Å². The van der Waals surface area contributed by atoms with E-state index >= 15 is 0 Å². The molecule has 0 amide bonds. The number of hydrazone groups is 1. The standard InChI is InChI=1S/C25H28N8O/c1-17-5-3-6-18(13-17)20-7-4-8-33(30-20)22-14-21(32-9-11-34-12-10-32)23-25(27-22)29-24(28-23)19-15-26-31(2)16-19/h3,5-6,13-16H,4,7-12H2,1-2H3,(H,27,28,29). The van der Waals surface area contributed by atoms with Crippen molar-refractivity contribution in [3.8, 4) is 11.4 Å². The maximum Gasteiger partial charge on any atom is 0.182 e. The molecule has 2 aliphatic rings. The van der Waals surface area contributed by atoms with Gasteiger partial charge in [-0.05, 0) is 25.3 Å². The molecule has 0 radical (unpaired) electrons. The summed E-state index contributed by atoms with van der Waals surface area (Å²) < 4.78 is 7.38. The van der Waals surface area contributed by atoms with Gasteiger partial charge in [0.2, 0.25) is 0 Å². The van der Waals surface area contributed by atoms with Gasteiger partial charge in [-0.1, -0.05) is 29.8 Å². The summed E-state index contributed by atoms with van der Waals surface area (Å²) in [5, 5.41) is 11.3. The number of fused-ring (bicyclic) bond motifs is 1. The van der Waals surface area contributed by atoms with E-state index in [-0.39, 0.29) is 0 Å². The third-order valence-corrected chi connectivity index (χ3v) is 6.40. The zero-order valence-electron chi connectivity index (χ0n) is 19.5. The molecule has 1 saturated heterocycles. The summed E-state index contributed by atoms with van der Waals surface area (Å²) in [5.74, 6) is 1.59. The van der Waals surface area contributed by atoms with Gasteiger partial charge < -0.3 is 14.6 Å². The highest BCUT2D eigenvalue weighted by atomic mass is 16.5. The molecule has 6 rings (SSSR count). The van der Waals surface area contributed by atoms with Crippen molar-refractivity contribution in [2.75, 3.05) is 42.8 Å². The van der Waals surface area contributed by atoms with E-state index in [1.54, 1.807) is 4.68 Å². The lowest BCUT2D eigenvalue weighted by molar-refractivity contribution is 0.123. The first-order valence-electron chi connectivity index (χ1n) is 11.8. The second-order valence-electron chi connectivity index (χ2n) is 8.93. The van der Waals surface area contributed by atoms with E-state index in [1.165, 1.54) is 11.1 Å². The van der Waals surface area contributed by atoms with Crippen LogP contribution < -0.4 is 9.91 Å². The van der Waals surface area contributed by atoms with Gasteiger partial charge in [0.05, 0.1) is 36.4 Å². The van der Waals surface area contributed by atoms with Crippen molar-refractivity contribution in [3.63, 3.8) is 0 Å². The van der Waals surface area contributed by atoms with E-state index < -0.39 is 0 Å². The van der Waals surface area contributed by atoms with Crippen LogP contribution in [0.5, 0.6) is 0 Å². The van der Waals surface area contributed by atoms with Crippen LogP contribution in [0.25, 0.3) is 22.6 Å². The summed E-state index contributed by atoms with van der Waals surface area (Å²) in [6, 6.07) is 10.7. The number of rotatable bonds is 4. The number of aryl methyl sites for hydroxylation is 2. The van der Waals surface area contributed by atoms with E-state index in [4.69, 9.17) is 19.8 Å². The van der Waals surface area contributed by atoms with Crippen molar-refractivity contribution < 1.29 is 4.74 Å². The fraction of sp³-hybridized carbons (Fsp3) is 0.360. The van der Waals surface area contributed by atoms with E-state index in [1.807, 2.05) is 24.5 Å². The fourth-order valence-electron chi connectivity index (χ4n) is 4.66. The van der Waals surface area contributed by atoms with Gasteiger partial charge in [-0.3, -0.25) is 4.68 Å². The van der Waals surface area contributed by atoms with Crippen LogP contribution in [0.4, 0.5) is 11.5 Å². The highest BCUT2D eigenvalue weighted by molar-refractivity contribution is 6.01. The zero-order valence-corrected chi connectivity index (χ0v) is 19.5. The molecule has 1 N–H and O–H groups in total. The number of pyridine rings is 1. The molecule has 0 spiro atoms. The molecular weight excluding hydrogens is 428 g/mol. The summed E-state index contributed by atoms with van der Waals surface area (Å²) in [4.78, 5) is 15.6. The van der Waals surface area contributed by atoms with Gasteiger partial charge in [-0.25, -0.2) is 15.0 Å². The van der Waals surface area contributed by atoms with Crippen molar-refractivity contribution in [3.05, 3.63) is 53.9 Å². The Kier molecular flexibility index (Phi) is 5.26. The Balaban J connectivity index is 1.44. The summed E-state index contributed by atoms with van der Waals surface area (Å²) >= 11 is 0. The number of hydrogen-bond donors (Lipinski definition) is 1. The normalized spacial score (nSPS) is 16.8. The largest absolute Gasteiger partial charge is 0.378 e. The number of anilines is 2. The fourth-order valence-corrected chi connectivity index (χ4v) is 4.66. The smallest absolute Gasteiger partial charge is 0.182 e. The third kappa shape index (κ3) is 3.92. The van der Waals surface area contributed by atoms with Crippen LogP contribution in [0.2, 0.25) is 0 Å². The second kappa shape index (κ2) is 8.57. The number of morpholine rings is 1. The van der Waals surface area contributed by atoms with Gasteiger partial charge in [-0.2, -0.15) is 10.2 Å². The van der Waals surface area contributed by atoms with Crippen molar-refractivity contribution in [1.82, 2.24) is 24.7 Å². The number of aromatic nitrogens is 5. The second-order valence-corrected chi connectivity index (χ2v) is 8.93. The predicted molar refractivity (Wildman–Crippen MR) is 133 cm³/mol. The molecule has 3 aromatic heterocycles. The Bertz CT molecular complexity index is 1360. The number of nitrogens with zero attached hydrogens (tertiary/aromatic N) is 7. The molecule has 4 aromatic rings. The van der Waals surface area contributed by atoms with Crippen LogP contribution in [-0.4, -0.2) is 63.3 Å². The number of benzene rings is 1. The number of hydrogen-bond acceptors (Lipinski definition) is 7. The lowest BCUT2D eigenvalue weighted by atomic mass is 10.0. The summed E-state index contributed by atoms with van der Waals surface area (Å²) in [5.41, 5.74) is 7.17. The minimum Gasteiger partial charge on any atom is -0.378 e. The Morgan fingerprint density at radius 2 is 1.91 bits per heavy atom. The quantitative estimate of drug-likeness (QED) is 0.506. The van der Waals surface area contributed by atoms with Gasteiger partial charge in [0.15, 0.2) is 11.5 Å². The van der Waals surface area contributed by atoms with Crippen LogP contribution in [0, 0.1) is 6.92 Å². The first-order chi connectivity index (χ1) is 16.6. The first-order valence-corrected chi connectivity index (χ1v) is 11.8. The Morgan fingerprint density at radius 3 is 2.71 bits per heavy atom. The number of imidazole rings is 1. The van der Waals surface area contributed by atoms with Gasteiger partial charge in [-0.15, -0.1) is 0 Å². The SMILES string of the molecule is Cc1cccc(C2=NN(c3cc(N4CCOCC4)c4[nH]c(-c5cnn(C)c5)nc4n3)CCC2)c1. The molecule has 1 fully saturated rings. The predicted octanol–water partition coefficient (Wildman–Crippen LogP) is 3.51. The summed E-state index contributed by atoms with van der Waals surface area (Å²) in [6.07, 6.45) is 5.76. The number of H-pyrrole nitrogens is 1. The van der Waals surface area contributed by atoms with Crippen molar-refractivity contribution in [2.24, 2.45) is 12.1 Å². The molecule has 2 aliphatic heterocycles. The molecule has 9 heteroatoms. The van der Waals surface area contributed by atoms with E-state index in [9.17, 15) is 0 Å². The van der Waals surface area contributed by atoms with Gasteiger partial charge in [0.1, 0.15) is 11.3 Å². The molecule has 0 aliphatic carbocycles. The maximum atomic E-state index is 5.60. The van der Waals surface area contributed by atoms with E-state index in [0.29, 0.717) is 18.9 Å². The van der Waals surface area contributed by atoms with Crippen LogP contribution in [0.1, 0.15) is 24.0 Å². The Hall–Kier alpha value is -3.72. The minimum atomic E-state index is 0.690. The molecule has 174 valence electrons. The number of aromatic amines is 1. The molecule has 34 heavy (non-hydrogen) atoms. The van der Waals surface area contributed by atoms with Crippen molar-refractivity contribution in [2.45, 2.75) is 19.8 Å². The first kappa shape index (κ1) is 20.9. The van der Waals surface area contributed by atoms with Gasteiger partial charge in [0, 0.05) is 38.9 Å².